The summed E-state index contributed by atoms with van der Waals surface area (Å²) in [6.45, 7) is 4.93. The molecular formula is C19H29NO4. The lowest BCUT2D eigenvalue weighted by molar-refractivity contribution is -0.145. The van der Waals surface area contributed by atoms with E-state index in [9.17, 15) is 9.59 Å². The Morgan fingerprint density at radius 3 is 2.54 bits per heavy atom. The number of benzene rings is 1. The van der Waals surface area contributed by atoms with Gasteiger partial charge in [-0.15, -0.1) is 0 Å². The van der Waals surface area contributed by atoms with Gasteiger partial charge >= 0.3 is 5.97 Å². The summed E-state index contributed by atoms with van der Waals surface area (Å²) in [5.41, 5.74) is 0.571. The van der Waals surface area contributed by atoms with E-state index >= 15 is 0 Å². The van der Waals surface area contributed by atoms with Gasteiger partial charge in [0.25, 0.3) is 5.91 Å². The molecule has 0 radical (unpaired) electrons. The van der Waals surface area contributed by atoms with Crippen LogP contribution in [0.4, 0.5) is 0 Å². The predicted molar refractivity (Wildman–Crippen MR) is 94.2 cm³/mol. The van der Waals surface area contributed by atoms with Crippen LogP contribution in [0.5, 0.6) is 5.75 Å². The van der Waals surface area contributed by atoms with Gasteiger partial charge in [-0.1, -0.05) is 39.2 Å². The molecule has 0 bridgehead atoms. The molecule has 134 valence electrons. The van der Waals surface area contributed by atoms with E-state index in [1.807, 2.05) is 0 Å². The third-order valence-electron chi connectivity index (χ3n) is 3.98. The zero-order valence-corrected chi connectivity index (χ0v) is 15.2. The standard InChI is InChI=1S/C19H29NO4/c1-5-6-7-8-12-20(14-15(2)19(22)24-4)18(21)16-10-9-11-17(13-16)23-3/h9-11,13,15H,5-8,12,14H2,1-4H3. The lowest BCUT2D eigenvalue weighted by Gasteiger charge is -2.25. The number of esters is 1. The predicted octanol–water partition coefficient (Wildman–Crippen LogP) is 3.53. The molecule has 1 aromatic carbocycles. The van der Waals surface area contributed by atoms with Crippen LogP contribution in [0.1, 0.15) is 49.9 Å². The fraction of sp³-hybridized carbons (Fsp3) is 0.579. The molecule has 0 aromatic heterocycles. The van der Waals surface area contributed by atoms with E-state index in [1.165, 1.54) is 7.11 Å². The lowest BCUT2D eigenvalue weighted by atomic mass is 10.1. The highest BCUT2D eigenvalue weighted by atomic mass is 16.5. The number of amides is 1. The molecule has 0 heterocycles. The van der Waals surface area contributed by atoms with Crippen molar-refractivity contribution in [3.05, 3.63) is 29.8 Å². The van der Waals surface area contributed by atoms with Crippen LogP contribution in [-0.2, 0) is 9.53 Å². The van der Waals surface area contributed by atoms with Crippen LogP contribution in [0.3, 0.4) is 0 Å². The Balaban J connectivity index is 2.84. The molecule has 24 heavy (non-hydrogen) atoms. The third kappa shape index (κ3) is 6.22. The van der Waals surface area contributed by atoms with Crippen LogP contribution in [0.15, 0.2) is 24.3 Å². The number of unbranched alkanes of at least 4 members (excludes halogenated alkanes) is 3. The Hall–Kier alpha value is -2.04. The van der Waals surface area contributed by atoms with Crippen molar-refractivity contribution < 1.29 is 19.1 Å². The molecule has 0 spiro atoms. The molecule has 1 rings (SSSR count). The molecule has 0 aliphatic carbocycles. The fourth-order valence-corrected chi connectivity index (χ4v) is 2.55. The molecule has 1 amide bonds. The maximum atomic E-state index is 12.8. The quantitative estimate of drug-likeness (QED) is 0.485. The number of nitrogens with zero attached hydrogens (tertiary/aromatic N) is 1. The number of rotatable bonds is 10. The SMILES string of the molecule is CCCCCCN(CC(C)C(=O)OC)C(=O)c1cccc(OC)c1. The zero-order chi connectivity index (χ0) is 17.9. The second kappa shape index (κ2) is 10.7. The highest BCUT2D eigenvalue weighted by Gasteiger charge is 2.22. The lowest BCUT2D eigenvalue weighted by Crippen LogP contribution is -2.38. The molecular weight excluding hydrogens is 306 g/mol. The maximum Gasteiger partial charge on any atom is 0.310 e. The molecule has 5 nitrogen and oxygen atoms in total. The average molecular weight is 335 g/mol. The van der Waals surface area contributed by atoms with Gasteiger partial charge in [-0.25, -0.2) is 0 Å². The summed E-state index contributed by atoms with van der Waals surface area (Å²) in [6, 6.07) is 7.10. The smallest absolute Gasteiger partial charge is 0.310 e. The summed E-state index contributed by atoms with van der Waals surface area (Å²) in [5, 5.41) is 0. The number of ether oxygens (including phenoxy) is 2. The van der Waals surface area contributed by atoms with Gasteiger partial charge in [-0.2, -0.15) is 0 Å². The summed E-state index contributed by atoms with van der Waals surface area (Å²) in [5.74, 6) is -0.0864. The first kappa shape index (κ1) is 20.0. The largest absolute Gasteiger partial charge is 0.497 e. The summed E-state index contributed by atoms with van der Waals surface area (Å²) < 4.78 is 9.97. The topological polar surface area (TPSA) is 55.8 Å². The Kier molecular flexibility index (Phi) is 8.90. The molecule has 0 aliphatic rings. The van der Waals surface area contributed by atoms with E-state index < -0.39 is 0 Å². The van der Waals surface area contributed by atoms with Gasteiger partial charge in [0, 0.05) is 18.7 Å². The zero-order valence-electron chi connectivity index (χ0n) is 15.2. The van der Waals surface area contributed by atoms with Crippen molar-refractivity contribution >= 4 is 11.9 Å². The molecule has 0 fully saturated rings. The molecule has 1 unspecified atom stereocenters. The first-order chi connectivity index (χ1) is 11.5. The van der Waals surface area contributed by atoms with Crippen molar-refractivity contribution in [3.8, 4) is 5.75 Å². The van der Waals surface area contributed by atoms with Gasteiger partial charge in [-0.3, -0.25) is 9.59 Å². The molecule has 0 saturated heterocycles. The van der Waals surface area contributed by atoms with Crippen molar-refractivity contribution in [2.45, 2.75) is 39.5 Å². The molecule has 5 heteroatoms. The third-order valence-corrected chi connectivity index (χ3v) is 3.98. The number of carbonyl (C=O) groups excluding carboxylic acids is 2. The Morgan fingerprint density at radius 2 is 1.92 bits per heavy atom. The van der Waals surface area contributed by atoms with Gasteiger partial charge in [-0.05, 0) is 24.6 Å². The van der Waals surface area contributed by atoms with Gasteiger partial charge in [0.1, 0.15) is 5.75 Å². The first-order valence-electron chi connectivity index (χ1n) is 8.54. The van der Waals surface area contributed by atoms with Crippen LogP contribution in [-0.4, -0.2) is 44.1 Å². The second-order valence-corrected chi connectivity index (χ2v) is 5.97. The minimum atomic E-state index is -0.351. The van der Waals surface area contributed by atoms with Crippen LogP contribution in [0, 0.1) is 5.92 Å². The summed E-state index contributed by atoms with van der Waals surface area (Å²) in [6.07, 6.45) is 4.29. The van der Waals surface area contributed by atoms with E-state index in [2.05, 4.69) is 6.92 Å². The Bertz CT molecular complexity index is 530. The van der Waals surface area contributed by atoms with Crippen LogP contribution in [0.2, 0.25) is 0 Å². The minimum Gasteiger partial charge on any atom is -0.497 e. The minimum absolute atomic E-state index is 0.0823. The van der Waals surface area contributed by atoms with Crippen LogP contribution >= 0.6 is 0 Å². The number of hydrogen-bond acceptors (Lipinski definition) is 4. The summed E-state index contributed by atoms with van der Waals surface area (Å²) >= 11 is 0. The van der Waals surface area contributed by atoms with Gasteiger partial charge in [0.05, 0.1) is 20.1 Å². The average Bonchev–Trinajstić information content (AvgIpc) is 2.62. The monoisotopic (exact) mass is 335 g/mol. The van der Waals surface area contributed by atoms with Crippen LogP contribution < -0.4 is 4.74 Å². The summed E-state index contributed by atoms with van der Waals surface area (Å²) in [7, 11) is 2.94. The van der Waals surface area contributed by atoms with Gasteiger partial charge in [0.15, 0.2) is 0 Å². The van der Waals surface area contributed by atoms with Crippen molar-refractivity contribution in [1.82, 2.24) is 4.90 Å². The molecule has 1 atom stereocenters. The van der Waals surface area contributed by atoms with Crippen molar-refractivity contribution in [2.75, 3.05) is 27.3 Å². The van der Waals surface area contributed by atoms with E-state index in [4.69, 9.17) is 9.47 Å². The number of hydrogen-bond donors (Lipinski definition) is 0. The molecule has 1 aromatic rings. The normalized spacial score (nSPS) is 11.7. The Morgan fingerprint density at radius 1 is 1.17 bits per heavy atom. The molecule has 0 aliphatic heterocycles. The van der Waals surface area contributed by atoms with Crippen molar-refractivity contribution in [3.63, 3.8) is 0 Å². The fourth-order valence-electron chi connectivity index (χ4n) is 2.55. The summed E-state index contributed by atoms with van der Waals surface area (Å²) in [4.78, 5) is 26.3. The highest BCUT2D eigenvalue weighted by molar-refractivity contribution is 5.94. The number of carbonyl (C=O) groups is 2. The van der Waals surface area contributed by atoms with Crippen molar-refractivity contribution in [1.29, 1.82) is 0 Å². The van der Waals surface area contributed by atoms with Gasteiger partial charge in [0.2, 0.25) is 0 Å². The van der Waals surface area contributed by atoms with Gasteiger partial charge < -0.3 is 14.4 Å². The molecule has 0 N–H and O–H groups in total. The second-order valence-electron chi connectivity index (χ2n) is 5.97. The maximum absolute atomic E-state index is 12.8. The number of methoxy groups -OCH3 is 2. The van der Waals surface area contributed by atoms with E-state index in [-0.39, 0.29) is 17.8 Å². The van der Waals surface area contributed by atoms with E-state index in [0.29, 0.717) is 24.4 Å². The van der Waals surface area contributed by atoms with Crippen LogP contribution in [0.25, 0.3) is 0 Å². The first-order valence-corrected chi connectivity index (χ1v) is 8.54. The van der Waals surface area contributed by atoms with Crippen molar-refractivity contribution in [2.24, 2.45) is 5.92 Å². The van der Waals surface area contributed by atoms with E-state index in [0.717, 1.165) is 25.7 Å². The Labute approximate surface area is 144 Å². The molecule has 0 saturated carbocycles. The van der Waals surface area contributed by atoms with E-state index in [1.54, 1.807) is 43.2 Å². The highest BCUT2D eigenvalue weighted by Crippen LogP contribution is 2.16.